The highest BCUT2D eigenvalue weighted by Crippen LogP contribution is 2.31. The smallest absolute Gasteiger partial charge is 0.264 e. The minimum absolute atomic E-state index is 0.0481. The Balaban J connectivity index is 1.72. The number of nitrogens with one attached hydrogen (secondary N) is 1. The van der Waals surface area contributed by atoms with Crippen molar-refractivity contribution in [1.29, 1.82) is 0 Å². The van der Waals surface area contributed by atoms with E-state index < -0.39 is 28.5 Å². The van der Waals surface area contributed by atoms with Gasteiger partial charge < -0.3 is 10.2 Å². The van der Waals surface area contributed by atoms with Gasteiger partial charge in [0.15, 0.2) is 0 Å². The molecule has 41 heavy (non-hydrogen) atoms. The highest BCUT2D eigenvalue weighted by Gasteiger charge is 2.35. The number of benzene rings is 3. The maximum Gasteiger partial charge on any atom is 0.264 e. The summed E-state index contributed by atoms with van der Waals surface area (Å²) < 4.78 is 29.0. The maximum atomic E-state index is 14.2. The molecule has 1 aliphatic carbocycles. The molecule has 7 nitrogen and oxygen atoms in total. The summed E-state index contributed by atoms with van der Waals surface area (Å²) in [6.45, 7) is 5.36. The zero-order valence-electron chi connectivity index (χ0n) is 23.8. The summed E-state index contributed by atoms with van der Waals surface area (Å²) in [5, 5.41) is 3.33. The van der Waals surface area contributed by atoms with Crippen LogP contribution in [0, 0.1) is 13.8 Å². The second-order valence-corrected chi connectivity index (χ2v) is 13.0. The first-order valence-corrected chi connectivity index (χ1v) is 15.9. The van der Waals surface area contributed by atoms with Crippen LogP contribution < -0.4 is 9.62 Å². The average Bonchev–Trinajstić information content (AvgIpc) is 3.46. The van der Waals surface area contributed by atoms with Crippen molar-refractivity contribution in [3.8, 4) is 0 Å². The van der Waals surface area contributed by atoms with E-state index in [1.807, 2.05) is 45.0 Å². The van der Waals surface area contributed by atoms with Gasteiger partial charge in [-0.2, -0.15) is 0 Å². The third-order valence-corrected chi connectivity index (χ3v) is 9.66. The number of para-hydroxylation sites is 1. The van der Waals surface area contributed by atoms with Gasteiger partial charge in [-0.1, -0.05) is 91.0 Å². The number of rotatable bonds is 11. The summed E-state index contributed by atoms with van der Waals surface area (Å²) in [6, 6.07) is 20.1. The van der Waals surface area contributed by atoms with Gasteiger partial charge in [0.1, 0.15) is 12.6 Å². The number of halogens is 1. The number of anilines is 1. The number of aryl methyl sites for hydroxylation is 2. The van der Waals surface area contributed by atoms with E-state index in [0.717, 1.165) is 46.7 Å². The molecule has 0 saturated heterocycles. The lowest BCUT2D eigenvalue weighted by atomic mass is 10.1. The number of hydrogen-bond acceptors (Lipinski definition) is 4. The van der Waals surface area contributed by atoms with E-state index in [-0.39, 0.29) is 34.1 Å². The normalized spacial score (nSPS) is 14.4. The van der Waals surface area contributed by atoms with E-state index in [4.69, 9.17) is 11.6 Å². The molecular weight excluding hydrogens is 558 g/mol. The first-order valence-electron chi connectivity index (χ1n) is 14.1. The number of nitrogens with zero attached hydrogens (tertiary/aromatic N) is 2. The van der Waals surface area contributed by atoms with Crippen LogP contribution in [0.1, 0.15) is 55.7 Å². The van der Waals surface area contributed by atoms with Crippen LogP contribution in [0.15, 0.2) is 77.7 Å². The third-order valence-electron chi connectivity index (χ3n) is 7.57. The number of sulfonamides is 1. The average molecular weight is 596 g/mol. The molecule has 1 atom stereocenters. The standard InChI is InChI=1S/C32H38ClN3O4S/c1-4-29(32(38)34-26-9-5-6-10-26)35(21-25-17-13-23(2)14-18-25)31(37)22-36(30-12-8-7-11-28(30)33)41(39,40)27-19-15-24(3)16-20-27/h7-8,11-20,26,29H,4-6,9-10,21-22H2,1-3H3,(H,34,38). The quantitative estimate of drug-likeness (QED) is 0.294. The van der Waals surface area contributed by atoms with Crippen molar-refractivity contribution in [2.75, 3.05) is 10.8 Å². The first kappa shape index (κ1) is 30.6. The SMILES string of the molecule is CCC(C(=O)NC1CCCC1)N(Cc1ccc(C)cc1)C(=O)CN(c1ccccc1Cl)S(=O)(=O)c1ccc(C)cc1. The number of hydrogen-bond donors (Lipinski definition) is 1. The lowest BCUT2D eigenvalue weighted by Crippen LogP contribution is -2.53. The minimum atomic E-state index is -4.17. The van der Waals surface area contributed by atoms with Gasteiger partial charge in [-0.15, -0.1) is 0 Å². The van der Waals surface area contributed by atoms with Crippen LogP contribution in [0.3, 0.4) is 0 Å². The molecule has 3 aromatic carbocycles. The molecule has 3 aromatic rings. The zero-order chi connectivity index (χ0) is 29.6. The molecule has 9 heteroatoms. The Morgan fingerprint density at radius 1 is 0.927 bits per heavy atom. The number of amides is 2. The minimum Gasteiger partial charge on any atom is -0.352 e. The summed E-state index contributed by atoms with van der Waals surface area (Å²) in [4.78, 5) is 29.3. The molecule has 4 rings (SSSR count). The molecule has 0 spiro atoms. The Kier molecular flexibility index (Phi) is 10.1. The molecule has 0 aromatic heterocycles. The summed E-state index contributed by atoms with van der Waals surface area (Å²) >= 11 is 6.49. The second kappa shape index (κ2) is 13.5. The van der Waals surface area contributed by atoms with Gasteiger partial charge >= 0.3 is 0 Å². The predicted octanol–water partition coefficient (Wildman–Crippen LogP) is 6.02. The van der Waals surface area contributed by atoms with Crippen molar-refractivity contribution in [1.82, 2.24) is 10.2 Å². The third kappa shape index (κ3) is 7.49. The molecule has 1 aliphatic rings. The van der Waals surface area contributed by atoms with Crippen molar-refractivity contribution in [3.05, 3.63) is 94.5 Å². The predicted molar refractivity (Wildman–Crippen MR) is 163 cm³/mol. The Morgan fingerprint density at radius 2 is 1.51 bits per heavy atom. The lowest BCUT2D eigenvalue weighted by Gasteiger charge is -2.34. The fraction of sp³-hybridized carbons (Fsp3) is 0.375. The van der Waals surface area contributed by atoms with E-state index in [1.165, 1.54) is 17.0 Å². The molecule has 1 unspecified atom stereocenters. The summed E-state index contributed by atoms with van der Waals surface area (Å²) in [5.41, 5.74) is 3.03. The molecule has 2 amide bonds. The van der Waals surface area contributed by atoms with Gasteiger partial charge in [-0.25, -0.2) is 8.42 Å². The largest absolute Gasteiger partial charge is 0.352 e. The van der Waals surface area contributed by atoms with Gasteiger partial charge in [0.2, 0.25) is 11.8 Å². The molecule has 218 valence electrons. The van der Waals surface area contributed by atoms with Gasteiger partial charge in [-0.05, 0) is 62.9 Å². The fourth-order valence-electron chi connectivity index (χ4n) is 5.18. The van der Waals surface area contributed by atoms with E-state index in [1.54, 1.807) is 36.4 Å². The molecular formula is C32H38ClN3O4S. The topological polar surface area (TPSA) is 86.8 Å². The molecule has 1 saturated carbocycles. The van der Waals surface area contributed by atoms with Gasteiger partial charge in [0, 0.05) is 12.6 Å². The van der Waals surface area contributed by atoms with E-state index in [0.29, 0.717) is 6.42 Å². The monoisotopic (exact) mass is 595 g/mol. The van der Waals surface area contributed by atoms with Crippen molar-refractivity contribution in [3.63, 3.8) is 0 Å². The van der Waals surface area contributed by atoms with Gasteiger partial charge in [0.25, 0.3) is 10.0 Å². The fourth-order valence-corrected chi connectivity index (χ4v) is 6.90. The Labute approximate surface area is 248 Å². The van der Waals surface area contributed by atoms with E-state index in [9.17, 15) is 18.0 Å². The Hall–Kier alpha value is -3.36. The number of carbonyl (C=O) groups is 2. The lowest BCUT2D eigenvalue weighted by molar-refractivity contribution is -0.140. The summed E-state index contributed by atoms with van der Waals surface area (Å²) in [7, 11) is -4.17. The molecule has 0 heterocycles. The highest BCUT2D eigenvalue weighted by atomic mass is 35.5. The van der Waals surface area contributed by atoms with Gasteiger partial charge in [-0.3, -0.25) is 13.9 Å². The molecule has 0 aliphatic heterocycles. The van der Waals surface area contributed by atoms with Crippen molar-refractivity contribution >= 4 is 39.1 Å². The van der Waals surface area contributed by atoms with Crippen LogP contribution in [-0.4, -0.2) is 43.8 Å². The van der Waals surface area contributed by atoms with Crippen molar-refractivity contribution < 1.29 is 18.0 Å². The Morgan fingerprint density at radius 3 is 2.10 bits per heavy atom. The molecule has 0 bridgehead atoms. The van der Waals surface area contributed by atoms with Gasteiger partial charge in [0.05, 0.1) is 15.6 Å². The van der Waals surface area contributed by atoms with Crippen LogP contribution in [-0.2, 0) is 26.2 Å². The van der Waals surface area contributed by atoms with E-state index >= 15 is 0 Å². The summed E-state index contributed by atoms with van der Waals surface area (Å²) in [5.74, 6) is -0.708. The van der Waals surface area contributed by atoms with Crippen molar-refractivity contribution in [2.24, 2.45) is 0 Å². The molecule has 0 radical (unpaired) electrons. The zero-order valence-corrected chi connectivity index (χ0v) is 25.4. The first-order chi connectivity index (χ1) is 19.6. The second-order valence-electron chi connectivity index (χ2n) is 10.7. The van der Waals surface area contributed by atoms with Crippen LogP contribution in [0.5, 0.6) is 0 Å². The molecule has 1 N–H and O–H groups in total. The van der Waals surface area contributed by atoms with Crippen LogP contribution in [0.2, 0.25) is 5.02 Å². The molecule has 1 fully saturated rings. The van der Waals surface area contributed by atoms with Crippen LogP contribution in [0.25, 0.3) is 0 Å². The van der Waals surface area contributed by atoms with Crippen molar-refractivity contribution in [2.45, 2.75) is 76.4 Å². The highest BCUT2D eigenvalue weighted by molar-refractivity contribution is 7.92. The van der Waals surface area contributed by atoms with Crippen LogP contribution >= 0.6 is 11.6 Å². The number of carbonyl (C=O) groups excluding carboxylic acids is 2. The summed E-state index contributed by atoms with van der Waals surface area (Å²) in [6.07, 6.45) is 4.36. The Bertz CT molecular complexity index is 1450. The maximum absolute atomic E-state index is 14.2. The van der Waals surface area contributed by atoms with E-state index in [2.05, 4.69) is 5.32 Å². The van der Waals surface area contributed by atoms with Crippen LogP contribution in [0.4, 0.5) is 5.69 Å².